The number of amides is 6. The van der Waals surface area contributed by atoms with Crippen LogP contribution in [0.2, 0.25) is 5.02 Å². The van der Waals surface area contributed by atoms with Gasteiger partial charge in [0.15, 0.2) is 63.4 Å². The van der Waals surface area contributed by atoms with E-state index in [0.717, 1.165) is 68.9 Å². The van der Waals surface area contributed by atoms with Crippen molar-refractivity contribution < 1.29 is 97.5 Å². The number of aromatic nitrogens is 4. The van der Waals surface area contributed by atoms with Gasteiger partial charge in [0.05, 0.1) is 70.8 Å². The fraction of sp³-hybridized carbons (Fsp3) is 0.231. The Labute approximate surface area is 648 Å². The van der Waals surface area contributed by atoms with E-state index < -0.39 is 69.7 Å². The number of alkyl halides is 3. The molecule has 13 N–H and O–H groups in total. The fourth-order valence-corrected chi connectivity index (χ4v) is 11.0. The number of aryl methyl sites for hydroxylation is 1. The van der Waals surface area contributed by atoms with E-state index >= 15 is 0 Å². The number of methoxy groups -OCH3 is 3. The van der Waals surface area contributed by atoms with Gasteiger partial charge < -0.3 is 91.5 Å². The molecule has 0 aliphatic heterocycles. The van der Waals surface area contributed by atoms with Gasteiger partial charge >= 0.3 is 41.6 Å². The van der Waals surface area contributed by atoms with Crippen LogP contribution < -0.4 is 92.3 Å². The van der Waals surface area contributed by atoms with Crippen LogP contribution >= 0.6 is 11.6 Å². The zero-order valence-corrected chi connectivity index (χ0v) is 61.8. The lowest BCUT2D eigenvalue weighted by Crippen LogP contribution is -2.32. The highest BCUT2D eigenvalue weighted by molar-refractivity contribution is 6.44. The summed E-state index contributed by atoms with van der Waals surface area (Å²) in [5.41, 5.74) is 18.5. The van der Waals surface area contributed by atoms with E-state index in [2.05, 4.69) is 52.0 Å². The zero-order chi connectivity index (χ0) is 81.4. The average Bonchev–Trinajstić information content (AvgIpc) is 1.14. The highest BCUT2D eigenvalue weighted by atomic mass is 35.5. The highest BCUT2D eigenvalue weighted by Gasteiger charge is 2.41. The largest absolute Gasteiger partial charge is 0.493 e. The van der Waals surface area contributed by atoms with Gasteiger partial charge in [-0.15, -0.1) is 0 Å². The molecule has 29 nitrogen and oxygen atoms in total. The lowest BCUT2D eigenvalue weighted by atomic mass is 10.1. The van der Waals surface area contributed by atoms with Gasteiger partial charge in [-0.3, -0.25) is 49.0 Å². The maximum atomic E-state index is 15.0. The third kappa shape index (κ3) is 20.1. The molecule has 36 heteroatoms. The minimum Gasteiger partial charge on any atom is -0.493 e. The molecule has 7 aromatic carbocycles. The highest BCUT2D eigenvalue weighted by Crippen LogP contribution is 2.44. The summed E-state index contributed by atoms with van der Waals surface area (Å²) in [7, 11) is 5.86. The van der Waals surface area contributed by atoms with E-state index in [1.165, 1.54) is 82.2 Å². The van der Waals surface area contributed by atoms with Crippen molar-refractivity contribution in [2.75, 3.05) is 80.1 Å². The van der Waals surface area contributed by atoms with Crippen molar-refractivity contribution in [2.24, 2.45) is 17.2 Å². The Balaban J connectivity index is 0.000000160. The van der Waals surface area contributed by atoms with E-state index in [1.54, 1.807) is 68.8 Å². The number of fused-ring (bicyclic) bond motifs is 3. The van der Waals surface area contributed by atoms with E-state index in [-0.39, 0.29) is 68.1 Å². The molecular weight excluding hydrogens is 1520 g/mol. The Hall–Kier alpha value is -13.3. The molecule has 3 fully saturated rings. The predicted molar refractivity (Wildman–Crippen MR) is 407 cm³/mol. The normalized spacial score (nSPS) is 13.7. The number of halogens is 7. The standard InChI is InChI=1S/C29H23ClF4N4O5.C26H24FN5O6.C23H24FN5O4/c1-41-24-12-17-21(13-25(24)42-14-28(35)7-8-28)36-9-6-22(17)43-23-5-3-16(11-20(23)31)38-27(40)26(39)37-15-2-4-19(30)18(10-15)29(32,33)34;1-14-9-23(32-38-14)31-25(34)24(33)30-15-3-4-20(17(27)10-15)37-19-5-8-29-18-12-22(21(35-2)11-16(18)19)36-13-26(28)6-7-26;1-26-21(30)22(31)28-13-3-4-17(15(24)9-13)29-16-5-8-27-18-11-20(19(32-2)10-14(16)18)33-12-23(25)6-7-23/h2-6,9-13H,7-8,14,35H2,1H3,(H,37,39)(H,38,40);3-5,8-12H,6-7,13,28H2,1-2H3,(H,30,33)(H,31,32,34);3-5,8-11H,6-7,12,25H2,1-2H3,(H,26,30)(H,27,29)(H,28,31). The summed E-state index contributed by atoms with van der Waals surface area (Å²) in [5.74, 6) is -4.80. The molecule has 3 aliphatic rings. The topological polar surface area (TPSA) is 403 Å². The van der Waals surface area contributed by atoms with Crippen LogP contribution in [0.15, 0.2) is 157 Å². The van der Waals surface area contributed by atoms with Gasteiger partial charge in [0, 0.05) is 107 Å². The van der Waals surface area contributed by atoms with Crippen molar-refractivity contribution in [2.45, 2.75) is 68.2 Å². The zero-order valence-electron chi connectivity index (χ0n) is 61.1. The van der Waals surface area contributed by atoms with Gasteiger partial charge in [0.2, 0.25) is 0 Å². The monoisotopic (exact) mass is 1590 g/mol. The number of carbonyl (C=O) groups is 6. The van der Waals surface area contributed by atoms with Gasteiger partial charge in [0.25, 0.3) is 0 Å². The molecule has 0 bridgehead atoms. The number of anilines is 7. The predicted octanol–water partition coefficient (Wildman–Crippen LogP) is 12.9. The van der Waals surface area contributed by atoms with Gasteiger partial charge in [0.1, 0.15) is 42.9 Å². The number of likely N-dealkylation sites (N-methyl/N-ethyl adjacent to an activating group) is 1. The Morgan fingerprint density at radius 2 is 0.833 bits per heavy atom. The van der Waals surface area contributed by atoms with Crippen molar-refractivity contribution >= 4 is 120 Å². The number of hydrogen-bond donors (Lipinski definition) is 10. The summed E-state index contributed by atoms with van der Waals surface area (Å²) in [6, 6.07) is 30.5. The van der Waals surface area contributed by atoms with E-state index in [4.69, 9.17) is 71.2 Å². The van der Waals surface area contributed by atoms with Crippen LogP contribution in [0, 0.1) is 24.4 Å². The first kappa shape index (κ1) is 80.3. The number of pyridine rings is 3. The maximum absolute atomic E-state index is 15.0. The van der Waals surface area contributed by atoms with Crippen LogP contribution in [0.4, 0.5) is 66.3 Å². The fourth-order valence-electron chi connectivity index (χ4n) is 10.8. The molecule has 4 heterocycles. The number of carbonyl (C=O) groups excluding carboxylic acids is 6. The summed E-state index contributed by atoms with van der Waals surface area (Å²) in [6.07, 6.45) is 5.24. The van der Waals surface area contributed by atoms with Gasteiger partial charge in [-0.1, -0.05) is 16.8 Å². The number of nitrogens with two attached hydrogens (primary N) is 3. The summed E-state index contributed by atoms with van der Waals surface area (Å²) < 4.78 is 134. The molecule has 592 valence electrons. The van der Waals surface area contributed by atoms with Crippen molar-refractivity contribution in [3.8, 4) is 57.5 Å². The number of ether oxygens (including phenoxy) is 8. The lowest BCUT2D eigenvalue weighted by molar-refractivity contribution is -0.137. The SMILES string of the molecule is CNC(=O)C(=O)Nc1ccc(Nc2ccnc3cc(OCC4(N)CC4)c(OC)cc23)c(F)c1.COc1cc2c(Oc3ccc(NC(=O)C(=O)Nc4cc(C)on4)cc3F)ccnc2cc1OCC1(N)CC1.COc1cc2c(Oc3ccc(NC(=O)C(=O)Nc4ccc(Cl)c(C(F)(F)F)c4)cc3F)ccnc2cc1OCC1(N)CC1. The van der Waals surface area contributed by atoms with Gasteiger partial charge in [-0.05, 0) is 143 Å². The van der Waals surface area contributed by atoms with Crippen molar-refractivity contribution in [3.63, 3.8) is 0 Å². The Bertz CT molecular complexity index is 5560. The Morgan fingerprint density at radius 3 is 1.23 bits per heavy atom. The van der Waals surface area contributed by atoms with Crippen LogP contribution in [0.3, 0.4) is 0 Å². The lowest BCUT2D eigenvalue weighted by Gasteiger charge is -2.16. The van der Waals surface area contributed by atoms with Gasteiger partial charge in [-0.25, -0.2) is 13.2 Å². The second kappa shape index (κ2) is 33.8. The number of nitrogens with zero attached hydrogens (tertiary/aromatic N) is 4. The van der Waals surface area contributed by atoms with Crippen molar-refractivity contribution in [3.05, 3.63) is 186 Å². The number of benzene rings is 7. The van der Waals surface area contributed by atoms with Crippen LogP contribution in [0.1, 0.15) is 49.8 Å². The summed E-state index contributed by atoms with van der Waals surface area (Å²) in [6.45, 7) is 2.71. The van der Waals surface area contributed by atoms with Crippen molar-refractivity contribution in [1.29, 1.82) is 0 Å². The smallest absolute Gasteiger partial charge is 0.417 e. The van der Waals surface area contributed by atoms with Gasteiger partial charge in [-0.2, -0.15) is 13.2 Å². The number of hydrogen-bond acceptors (Lipinski definition) is 23. The molecule has 0 saturated heterocycles. The van der Waals surface area contributed by atoms with E-state index in [9.17, 15) is 55.1 Å². The minimum atomic E-state index is -4.77. The van der Waals surface area contributed by atoms with Crippen LogP contribution in [-0.2, 0) is 34.9 Å². The second-order valence-electron chi connectivity index (χ2n) is 26.7. The first-order chi connectivity index (χ1) is 54.4. The first-order valence-corrected chi connectivity index (χ1v) is 35.0. The number of rotatable bonds is 23. The minimum absolute atomic E-state index is 0.0581. The van der Waals surface area contributed by atoms with E-state index in [0.29, 0.717) is 110 Å². The number of nitrogens with one attached hydrogen (secondary N) is 7. The third-order valence-electron chi connectivity index (χ3n) is 17.8. The molecule has 114 heavy (non-hydrogen) atoms. The quantitative estimate of drug-likeness (QED) is 0.0210. The van der Waals surface area contributed by atoms with Crippen LogP contribution in [0.25, 0.3) is 32.7 Å². The second-order valence-corrected chi connectivity index (χ2v) is 27.1. The molecule has 0 atom stereocenters. The first-order valence-electron chi connectivity index (χ1n) is 34.6. The molecule has 0 spiro atoms. The average molecular weight is 1590 g/mol. The molecule has 14 rings (SSSR count). The molecule has 4 aromatic heterocycles. The van der Waals surface area contributed by atoms with Crippen LogP contribution in [0.5, 0.6) is 57.5 Å². The molecule has 6 amide bonds. The molecular formula is C78H71ClF6N14O15. The molecule has 11 aromatic rings. The Kier molecular flexibility index (Phi) is 23.8. The van der Waals surface area contributed by atoms with Crippen molar-refractivity contribution in [1.82, 2.24) is 25.4 Å². The molecule has 0 unspecified atom stereocenters. The van der Waals surface area contributed by atoms with E-state index in [1.807, 2.05) is 5.32 Å². The maximum Gasteiger partial charge on any atom is 0.417 e. The third-order valence-corrected chi connectivity index (χ3v) is 18.1. The summed E-state index contributed by atoms with van der Waals surface area (Å²) >= 11 is 5.57. The summed E-state index contributed by atoms with van der Waals surface area (Å²) in [5, 5.41) is 21.2. The molecule has 0 radical (unpaired) electrons. The molecule has 3 aliphatic carbocycles. The summed E-state index contributed by atoms with van der Waals surface area (Å²) in [4.78, 5) is 84.9. The van der Waals surface area contributed by atoms with Crippen LogP contribution in [-0.4, -0.2) is 120 Å². The Morgan fingerprint density at radius 1 is 0.447 bits per heavy atom. The molecule has 3 saturated carbocycles.